The number of nitrogens with zero attached hydrogens (tertiary/aromatic N) is 1. The molecule has 0 spiro atoms. The Bertz CT molecular complexity index is 450. The lowest BCUT2D eigenvalue weighted by molar-refractivity contribution is -0.123. The standard InChI is InChI=1S/C16H23FN2O2/c1-13-4-2-3-10-19(13)12-16(20)18-9-11-21-15-7-5-14(17)6-8-15/h5-8,13H,2-4,9-12H2,1H3,(H,18,20). The summed E-state index contributed by atoms with van der Waals surface area (Å²) in [4.78, 5) is 14.1. The fourth-order valence-electron chi connectivity index (χ4n) is 2.52. The van der Waals surface area contributed by atoms with Gasteiger partial charge in [-0.05, 0) is 50.6 Å². The zero-order valence-corrected chi connectivity index (χ0v) is 12.5. The minimum Gasteiger partial charge on any atom is -0.492 e. The number of hydrogen-bond acceptors (Lipinski definition) is 3. The number of amides is 1. The highest BCUT2D eigenvalue weighted by Gasteiger charge is 2.20. The van der Waals surface area contributed by atoms with E-state index in [1.165, 1.54) is 31.4 Å². The van der Waals surface area contributed by atoms with Crippen LogP contribution in [-0.2, 0) is 4.79 Å². The van der Waals surface area contributed by atoms with Gasteiger partial charge in [-0.15, -0.1) is 0 Å². The van der Waals surface area contributed by atoms with Gasteiger partial charge in [0.1, 0.15) is 18.2 Å². The highest BCUT2D eigenvalue weighted by molar-refractivity contribution is 5.78. The van der Waals surface area contributed by atoms with Crippen molar-refractivity contribution in [3.05, 3.63) is 30.1 Å². The summed E-state index contributed by atoms with van der Waals surface area (Å²) in [6.45, 7) is 4.47. The molecule has 1 N–H and O–H groups in total. The molecule has 0 saturated carbocycles. The van der Waals surface area contributed by atoms with Crippen molar-refractivity contribution in [1.82, 2.24) is 10.2 Å². The Morgan fingerprint density at radius 3 is 2.86 bits per heavy atom. The maximum atomic E-state index is 12.7. The van der Waals surface area contributed by atoms with E-state index in [4.69, 9.17) is 4.74 Å². The first-order chi connectivity index (χ1) is 10.1. The van der Waals surface area contributed by atoms with Crippen LogP contribution in [0.25, 0.3) is 0 Å². The lowest BCUT2D eigenvalue weighted by Gasteiger charge is -2.32. The quantitative estimate of drug-likeness (QED) is 0.818. The molecule has 0 bridgehead atoms. The van der Waals surface area contributed by atoms with E-state index in [9.17, 15) is 9.18 Å². The molecule has 4 nitrogen and oxygen atoms in total. The maximum absolute atomic E-state index is 12.7. The summed E-state index contributed by atoms with van der Waals surface area (Å²) in [6, 6.07) is 6.34. The predicted octanol–water partition coefficient (Wildman–Crippen LogP) is 2.20. The number of rotatable bonds is 6. The first kappa shape index (κ1) is 15.8. The van der Waals surface area contributed by atoms with Crippen LogP contribution in [0.2, 0.25) is 0 Å². The number of ether oxygens (including phenoxy) is 1. The number of carbonyl (C=O) groups is 1. The highest BCUT2D eigenvalue weighted by Crippen LogP contribution is 2.15. The van der Waals surface area contributed by atoms with Crippen LogP contribution in [0, 0.1) is 5.82 Å². The van der Waals surface area contributed by atoms with Crippen LogP contribution < -0.4 is 10.1 Å². The van der Waals surface area contributed by atoms with Crippen LogP contribution in [0.15, 0.2) is 24.3 Å². The SMILES string of the molecule is CC1CCCCN1CC(=O)NCCOc1ccc(F)cc1. The highest BCUT2D eigenvalue weighted by atomic mass is 19.1. The molecule has 1 amide bonds. The molecule has 116 valence electrons. The molecule has 1 unspecified atom stereocenters. The summed E-state index contributed by atoms with van der Waals surface area (Å²) >= 11 is 0. The molecule has 1 fully saturated rings. The average Bonchev–Trinajstić information content (AvgIpc) is 2.48. The molecule has 1 aliphatic rings. The summed E-state index contributed by atoms with van der Waals surface area (Å²) in [6.07, 6.45) is 3.59. The third-order valence-electron chi connectivity index (χ3n) is 3.79. The normalized spacial score (nSPS) is 19.2. The molecule has 0 aromatic heterocycles. The van der Waals surface area contributed by atoms with E-state index in [1.807, 2.05) is 0 Å². The predicted molar refractivity (Wildman–Crippen MR) is 79.8 cm³/mol. The van der Waals surface area contributed by atoms with E-state index in [-0.39, 0.29) is 11.7 Å². The molecular formula is C16H23FN2O2. The average molecular weight is 294 g/mol. The van der Waals surface area contributed by atoms with Crippen molar-refractivity contribution < 1.29 is 13.9 Å². The molecular weight excluding hydrogens is 271 g/mol. The van der Waals surface area contributed by atoms with Gasteiger partial charge in [-0.2, -0.15) is 0 Å². The zero-order chi connectivity index (χ0) is 15.1. The van der Waals surface area contributed by atoms with Crippen molar-refractivity contribution in [2.75, 3.05) is 26.2 Å². The molecule has 1 heterocycles. The Labute approximate surface area is 125 Å². The van der Waals surface area contributed by atoms with Crippen molar-refractivity contribution in [1.29, 1.82) is 0 Å². The molecule has 1 aromatic carbocycles. The van der Waals surface area contributed by atoms with Gasteiger partial charge in [-0.25, -0.2) is 4.39 Å². The van der Waals surface area contributed by atoms with Gasteiger partial charge in [0.15, 0.2) is 0 Å². The van der Waals surface area contributed by atoms with Gasteiger partial charge in [-0.3, -0.25) is 9.69 Å². The van der Waals surface area contributed by atoms with Crippen LogP contribution in [0.5, 0.6) is 5.75 Å². The number of piperidine rings is 1. The van der Waals surface area contributed by atoms with Crippen LogP contribution in [-0.4, -0.2) is 43.1 Å². The lowest BCUT2D eigenvalue weighted by Crippen LogP contribution is -2.44. The monoisotopic (exact) mass is 294 g/mol. The van der Waals surface area contributed by atoms with E-state index in [2.05, 4.69) is 17.1 Å². The first-order valence-corrected chi connectivity index (χ1v) is 7.54. The topological polar surface area (TPSA) is 41.6 Å². The molecule has 1 aromatic rings. The van der Waals surface area contributed by atoms with Crippen LogP contribution in [0.4, 0.5) is 4.39 Å². The summed E-state index contributed by atoms with van der Waals surface area (Å²) in [5.41, 5.74) is 0. The Kier molecular flexibility index (Phi) is 5.99. The van der Waals surface area contributed by atoms with Gasteiger partial charge in [0, 0.05) is 6.04 Å². The molecule has 21 heavy (non-hydrogen) atoms. The number of likely N-dealkylation sites (tertiary alicyclic amines) is 1. The molecule has 1 atom stereocenters. The largest absolute Gasteiger partial charge is 0.492 e. The lowest BCUT2D eigenvalue weighted by atomic mass is 10.0. The summed E-state index contributed by atoms with van der Waals surface area (Å²) in [5.74, 6) is 0.355. The van der Waals surface area contributed by atoms with Crippen molar-refractivity contribution in [3.63, 3.8) is 0 Å². The van der Waals surface area contributed by atoms with E-state index in [0.29, 0.717) is 31.5 Å². The minimum absolute atomic E-state index is 0.0338. The van der Waals surface area contributed by atoms with Gasteiger partial charge >= 0.3 is 0 Å². The molecule has 2 rings (SSSR count). The second kappa shape index (κ2) is 7.98. The maximum Gasteiger partial charge on any atom is 0.234 e. The fourth-order valence-corrected chi connectivity index (χ4v) is 2.52. The smallest absolute Gasteiger partial charge is 0.234 e. The number of nitrogens with one attached hydrogen (secondary N) is 1. The van der Waals surface area contributed by atoms with E-state index < -0.39 is 0 Å². The molecule has 5 heteroatoms. The van der Waals surface area contributed by atoms with Crippen molar-refractivity contribution in [3.8, 4) is 5.75 Å². The summed E-state index contributed by atoms with van der Waals surface area (Å²) in [7, 11) is 0. The van der Waals surface area contributed by atoms with Gasteiger partial charge in [0.2, 0.25) is 5.91 Å². The minimum atomic E-state index is -0.286. The molecule has 0 radical (unpaired) electrons. The van der Waals surface area contributed by atoms with Crippen molar-refractivity contribution >= 4 is 5.91 Å². The van der Waals surface area contributed by atoms with Crippen LogP contribution in [0.1, 0.15) is 26.2 Å². The Morgan fingerprint density at radius 1 is 1.38 bits per heavy atom. The third kappa shape index (κ3) is 5.34. The van der Waals surface area contributed by atoms with Gasteiger partial charge in [0.05, 0.1) is 13.1 Å². The van der Waals surface area contributed by atoms with Gasteiger partial charge < -0.3 is 10.1 Å². The number of hydrogen-bond donors (Lipinski definition) is 1. The fraction of sp³-hybridized carbons (Fsp3) is 0.562. The molecule has 0 aliphatic carbocycles. The van der Waals surface area contributed by atoms with E-state index >= 15 is 0 Å². The number of benzene rings is 1. The van der Waals surface area contributed by atoms with Crippen LogP contribution >= 0.6 is 0 Å². The van der Waals surface area contributed by atoms with E-state index in [0.717, 1.165) is 6.54 Å². The number of halogens is 1. The van der Waals surface area contributed by atoms with Crippen LogP contribution in [0.3, 0.4) is 0 Å². The summed E-state index contributed by atoms with van der Waals surface area (Å²) < 4.78 is 18.1. The first-order valence-electron chi connectivity index (χ1n) is 7.54. The Balaban J connectivity index is 1.61. The Hall–Kier alpha value is -1.62. The van der Waals surface area contributed by atoms with Crippen molar-refractivity contribution in [2.24, 2.45) is 0 Å². The van der Waals surface area contributed by atoms with Gasteiger partial charge in [0.25, 0.3) is 0 Å². The summed E-state index contributed by atoms with van der Waals surface area (Å²) in [5, 5.41) is 2.85. The van der Waals surface area contributed by atoms with Gasteiger partial charge in [-0.1, -0.05) is 6.42 Å². The third-order valence-corrected chi connectivity index (χ3v) is 3.79. The number of carbonyl (C=O) groups excluding carboxylic acids is 1. The van der Waals surface area contributed by atoms with E-state index in [1.54, 1.807) is 12.1 Å². The second-order valence-electron chi connectivity index (χ2n) is 5.47. The molecule has 1 saturated heterocycles. The second-order valence-corrected chi connectivity index (χ2v) is 5.47. The molecule has 1 aliphatic heterocycles. The van der Waals surface area contributed by atoms with Crippen molar-refractivity contribution in [2.45, 2.75) is 32.2 Å². The zero-order valence-electron chi connectivity index (χ0n) is 12.5. The Morgan fingerprint density at radius 2 is 2.14 bits per heavy atom.